The monoisotopic (exact) mass is 283 g/mol. The second kappa shape index (κ2) is 5.58. The lowest BCUT2D eigenvalue weighted by Crippen LogP contribution is -2.25. The lowest BCUT2D eigenvalue weighted by molar-refractivity contribution is -0.118. The number of benzene rings is 2. The molecule has 2 atom stereocenters. The Morgan fingerprint density at radius 2 is 1.90 bits per heavy atom. The van der Waals surface area contributed by atoms with Gasteiger partial charge in [0.05, 0.1) is 11.8 Å². The van der Waals surface area contributed by atoms with Gasteiger partial charge in [-0.3, -0.25) is 4.79 Å². The van der Waals surface area contributed by atoms with Crippen LogP contribution in [-0.4, -0.2) is 17.6 Å². The summed E-state index contributed by atoms with van der Waals surface area (Å²) in [6, 6.07) is 15.3. The van der Waals surface area contributed by atoms with E-state index in [2.05, 4.69) is 5.32 Å². The fraction of sp³-hybridized carbons (Fsp3) is 0.235. The molecule has 108 valence electrons. The van der Waals surface area contributed by atoms with Gasteiger partial charge in [0.15, 0.2) is 6.61 Å². The third kappa shape index (κ3) is 2.76. The third-order valence-corrected chi connectivity index (χ3v) is 3.78. The highest BCUT2D eigenvalue weighted by molar-refractivity contribution is 5.95. The topological polar surface area (TPSA) is 58.6 Å². The molecule has 4 nitrogen and oxygen atoms in total. The van der Waals surface area contributed by atoms with Crippen LogP contribution < -0.4 is 10.1 Å². The van der Waals surface area contributed by atoms with E-state index in [-0.39, 0.29) is 18.4 Å². The summed E-state index contributed by atoms with van der Waals surface area (Å²) in [5.41, 5.74) is 2.45. The van der Waals surface area contributed by atoms with E-state index in [9.17, 15) is 9.90 Å². The van der Waals surface area contributed by atoms with Crippen molar-refractivity contribution < 1.29 is 14.6 Å². The third-order valence-electron chi connectivity index (χ3n) is 3.78. The number of amides is 1. The van der Waals surface area contributed by atoms with Crippen LogP contribution in [0, 0.1) is 0 Å². The van der Waals surface area contributed by atoms with Crippen LogP contribution in [0.4, 0.5) is 5.69 Å². The van der Waals surface area contributed by atoms with Gasteiger partial charge in [-0.15, -0.1) is 0 Å². The first-order valence-corrected chi connectivity index (χ1v) is 6.95. The Kier molecular flexibility index (Phi) is 3.62. The van der Waals surface area contributed by atoms with Crippen molar-refractivity contribution in [1.29, 1.82) is 0 Å². The van der Waals surface area contributed by atoms with Crippen LogP contribution in [0.5, 0.6) is 5.75 Å². The number of nitrogens with one attached hydrogen (secondary N) is 1. The van der Waals surface area contributed by atoms with E-state index in [0.717, 1.165) is 11.1 Å². The molecule has 1 heterocycles. The van der Waals surface area contributed by atoms with Gasteiger partial charge < -0.3 is 15.2 Å². The fourth-order valence-electron chi connectivity index (χ4n) is 2.51. The lowest BCUT2D eigenvalue weighted by Gasteiger charge is -2.23. The van der Waals surface area contributed by atoms with Gasteiger partial charge in [-0.1, -0.05) is 43.3 Å². The molecule has 1 amide bonds. The van der Waals surface area contributed by atoms with Crippen molar-refractivity contribution in [3.05, 3.63) is 59.7 Å². The standard InChI is InChI=1S/C17H17NO3/c1-11(12-5-3-2-4-6-12)17(20)13-7-8-15-14(9-13)18-16(19)10-21-15/h2-9,11,17,20H,10H2,1H3,(H,18,19). The molecule has 1 aliphatic heterocycles. The Morgan fingerprint density at radius 1 is 1.14 bits per heavy atom. The van der Waals surface area contributed by atoms with Crippen LogP contribution in [0.15, 0.2) is 48.5 Å². The van der Waals surface area contributed by atoms with Gasteiger partial charge in [-0.2, -0.15) is 0 Å². The Balaban J connectivity index is 1.86. The molecule has 21 heavy (non-hydrogen) atoms. The van der Waals surface area contributed by atoms with Crippen molar-refractivity contribution in [1.82, 2.24) is 0 Å². The molecule has 4 heteroatoms. The van der Waals surface area contributed by atoms with E-state index < -0.39 is 6.10 Å². The van der Waals surface area contributed by atoms with Gasteiger partial charge in [0.1, 0.15) is 5.75 Å². The van der Waals surface area contributed by atoms with Crippen molar-refractivity contribution in [3.8, 4) is 5.75 Å². The summed E-state index contributed by atoms with van der Waals surface area (Å²) in [5.74, 6) is 0.424. The molecular formula is C17H17NO3. The number of fused-ring (bicyclic) bond motifs is 1. The summed E-state index contributed by atoms with van der Waals surface area (Å²) in [7, 11) is 0. The van der Waals surface area contributed by atoms with Gasteiger partial charge in [0.25, 0.3) is 5.91 Å². The molecular weight excluding hydrogens is 266 g/mol. The number of carbonyl (C=O) groups is 1. The molecule has 0 fully saturated rings. The smallest absolute Gasteiger partial charge is 0.262 e. The molecule has 0 spiro atoms. The average Bonchev–Trinajstić information content (AvgIpc) is 2.53. The first-order valence-electron chi connectivity index (χ1n) is 6.95. The zero-order valence-corrected chi connectivity index (χ0v) is 11.7. The molecule has 1 aliphatic rings. The van der Waals surface area contributed by atoms with Crippen molar-refractivity contribution in [2.24, 2.45) is 0 Å². The SMILES string of the molecule is CC(c1ccccc1)C(O)c1ccc2c(c1)NC(=O)CO2. The second-order valence-corrected chi connectivity index (χ2v) is 5.24. The zero-order valence-electron chi connectivity index (χ0n) is 11.7. The maximum absolute atomic E-state index is 11.4. The molecule has 0 saturated carbocycles. The summed E-state index contributed by atoms with van der Waals surface area (Å²) in [5, 5.41) is 13.3. The molecule has 0 bridgehead atoms. The predicted molar refractivity (Wildman–Crippen MR) is 80.4 cm³/mol. The minimum absolute atomic E-state index is 0.0370. The minimum Gasteiger partial charge on any atom is -0.482 e. The van der Waals surface area contributed by atoms with Gasteiger partial charge in [-0.05, 0) is 23.3 Å². The van der Waals surface area contributed by atoms with E-state index in [4.69, 9.17) is 4.74 Å². The van der Waals surface area contributed by atoms with Crippen LogP contribution in [0.25, 0.3) is 0 Å². The van der Waals surface area contributed by atoms with Gasteiger partial charge >= 0.3 is 0 Å². The summed E-state index contributed by atoms with van der Waals surface area (Å²) < 4.78 is 5.32. The Hall–Kier alpha value is -2.33. The number of aliphatic hydroxyl groups is 1. The first kappa shape index (κ1) is 13.6. The lowest BCUT2D eigenvalue weighted by atomic mass is 9.90. The molecule has 2 aromatic carbocycles. The Morgan fingerprint density at radius 3 is 2.67 bits per heavy atom. The normalized spacial score (nSPS) is 16.4. The number of hydrogen-bond acceptors (Lipinski definition) is 3. The van der Waals surface area contributed by atoms with Crippen LogP contribution in [0.2, 0.25) is 0 Å². The van der Waals surface area contributed by atoms with E-state index in [1.807, 2.05) is 43.3 Å². The number of hydrogen-bond donors (Lipinski definition) is 2. The van der Waals surface area contributed by atoms with Gasteiger partial charge in [0, 0.05) is 5.92 Å². The van der Waals surface area contributed by atoms with Crippen LogP contribution >= 0.6 is 0 Å². The summed E-state index contributed by atoms with van der Waals surface area (Å²) in [6.45, 7) is 2.02. The van der Waals surface area contributed by atoms with Gasteiger partial charge in [0.2, 0.25) is 0 Å². The first-order chi connectivity index (χ1) is 10.1. The summed E-state index contributed by atoms with van der Waals surface area (Å²) in [4.78, 5) is 11.4. The van der Waals surface area contributed by atoms with Gasteiger partial charge in [-0.25, -0.2) is 0 Å². The van der Waals surface area contributed by atoms with E-state index in [0.29, 0.717) is 11.4 Å². The van der Waals surface area contributed by atoms with Crippen LogP contribution in [-0.2, 0) is 4.79 Å². The molecule has 0 saturated heterocycles. The molecule has 0 aromatic heterocycles. The predicted octanol–water partition coefficient (Wildman–Crippen LogP) is 2.85. The fourth-order valence-corrected chi connectivity index (χ4v) is 2.51. The second-order valence-electron chi connectivity index (χ2n) is 5.24. The molecule has 3 rings (SSSR count). The zero-order chi connectivity index (χ0) is 14.8. The quantitative estimate of drug-likeness (QED) is 0.910. The molecule has 2 N–H and O–H groups in total. The number of ether oxygens (including phenoxy) is 1. The maximum Gasteiger partial charge on any atom is 0.262 e. The highest BCUT2D eigenvalue weighted by Crippen LogP contribution is 2.35. The largest absolute Gasteiger partial charge is 0.482 e. The van der Waals surface area contributed by atoms with E-state index in [1.54, 1.807) is 12.1 Å². The summed E-state index contributed by atoms with van der Waals surface area (Å²) in [6.07, 6.45) is -0.642. The minimum atomic E-state index is -0.642. The Labute approximate surface area is 123 Å². The van der Waals surface area contributed by atoms with Crippen LogP contribution in [0.1, 0.15) is 30.1 Å². The highest BCUT2D eigenvalue weighted by Gasteiger charge is 2.21. The molecule has 0 radical (unpaired) electrons. The molecule has 2 aromatic rings. The highest BCUT2D eigenvalue weighted by atomic mass is 16.5. The van der Waals surface area contributed by atoms with Crippen molar-refractivity contribution in [2.45, 2.75) is 18.9 Å². The van der Waals surface area contributed by atoms with Crippen molar-refractivity contribution in [3.63, 3.8) is 0 Å². The van der Waals surface area contributed by atoms with E-state index in [1.165, 1.54) is 0 Å². The maximum atomic E-state index is 11.4. The Bertz CT molecular complexity index is 654. The van der Waals surface area contributed by atoms with Crippen molar-refractivity contribution >= 4 is 11.6 Å². The number of anilines is 1. The molecule has 2 unspecified atom stereocenters. The number of carbonyl (C=O) groups excluding carboxylic acids is 1. The summed E-state index contributed by atoms with van der Waals surface area (Å²) >= 11 is 0. The number of aliphatic hydroxyl groups excluding tert-OH is 1. The van der Waals surface area contributed by atoms with Crippen LogP contribution in [0.3, 0.4) is 0 Å². The van der Waals surface area contributed by atoms with Crippen molar-refractivity contribution in [2.75, 3.05) is 11.9 Å². The molecule has 0 aliphatic carbocycles. The number of rotatable bonds is 3. The average molecular weight is 283 g/mol. The van der Waals surface area contributed by atoms with E-state index >= 15 is 0 Å².